The maximum absolute atomic E-state index is 12.1. The number of hydrogen-bond donors (Lipinski definition) is 1. The number of amides is 1. The van der Waals surface area contributed by atoms with Crippen LogP contribution in [0.25, 0.3) is 0 Å². The molecule has 1 unspecified atom stereocenters. The van der Waals surface area contributed by atoms with Crippen LogP contribution < -0.4 is 10.2 Å². The van der Waals surface area contributed by atoms with Crippen LogP contribution in [0.2, 0.25) is 0 Å². The molecule has 6 heteroatoms. The number of nitrogens with zero attached hydrogens (tertiary/aromatic N) is 1. The molecule has 2 rings (SSSR count). The second kappa shape index (κ2) is 5.96. The average molecular weight is 343 g/mol. The Morgan fingerprint density at radius 3 is 2.89 bits per heavy atom. The van der Waals surface area contributed by atoms with Crippen molar-refractivity contribution in [3.63, 3.8) is 0 Å². The smallest absolute Gasteiger partial charge is 0.228 e. The Labute approximate surface area is 125 Å². The summed E-state index contributed by atoms with van der Waals surface area (Å²) in [5, 5.41) is 3.20. The number of thioether (sulfide) groups is 1. The molecular weight excluding hydrogens is 328 g/mol. The molecule has 0 radical (unpaired) electrons. The summed E-state index contributed by atoms with van der Waals surface area (Å²) in [6.07, 6.45) is 0.417. The highest BCUT2D eigenvalue weighted by Gasteiger charge is 2.32. The predicted octanol–water partition coefficient (Wildman–Crippen LogP) is 2.88. The minimum atomic E-state index is 0.0497. The Morgan fingerprint density at radius 1 is 1.53 bits per heavy atom. The summed E-state index contributed by atoms with van der Waals surface area (Å²) in [6, 6.07) is 5.78. The van der Waals surface area contributed by atoms with Gasteiger partial charge < -0.3 is 10.2 Å². The summed E-state index contributed by atoms with van der Waals surface area (Å²) < 4.78 is 0.928. The first-order valence-electron chi connectivity index (χ1n) is 5.96. The normalized spacial score (nSPS) is 18.8. The molecular formula is C13H15BrN2O2S. The quantitative estimate of drug-likeness (QED) is 0.917. The van der Waals surface area contributed by atoms with Crippen LogP contribution in [0.5, 0.6) is 0 Å². The topological polar surface area (TPSA) is 49.4 Å². The van der Waals surface area contributed by atoms with Gasteiger partial charge in [0.1, 0.15) is 0 Å². The summed E-state index contributed by atoms with van der Waals surface area (Å²) in [5.74, 6) is 0.0633. The number of rotatable bonds is 3. The second-order valence-corrected chi connectivity index (χ2v) is 6.74. The van der Waals surface area contributed by atoms with E-state index in [-0.39, 0.29) is 16.3 Å². The largest absolute Gasteiger partial charge is 0.386 e. The van der Waals surface area contributed by atoms with Gasteiger partial charge in [-0.2, -0.15) is 0 Å². The predicted molar refractivity (Wildman–Crippen MR) is 82.7 cm³/mol. The van der Waals surface area contributed by atoms with E-state index in [2.05, 4.69) is 21.2 Å². The SMILES string of the molecule is CNc1ccc(Br)cc1N1CC(SC(C)=O)CC1=O. The lowest BCUT2D eigenvalue weighted by atomic mass is 10.2. The summed E-state index contributed by atoms with van der Waals surface area (Å²) in [6.45, 7) is 2.12. The zero-order valence-electron chi connectivity index (χ0n) is 10.8. The van der Waals surface area contributed by atoms with Crippen LogP contribution >= 0.6 is 27.7 Å². The molecule has 0 saturated carbocycles. The number of nitrogens with one attached hydrogen (secondary N) is 1. The van der Waals surface area contributed by atoms with Gasteiger partial charge in [0.2, 0.25) is 5.91 Å². The Balaban J connectivity index is 2.25. The van der Waals surface area contributed by atoms with Gasteiger partial charge >= 0.3 is 0 Å². The number of anilines is 2. The number of benzene rings is 1. The maximum Gasteiger partial charge on any atom is 0.228 e. The standard InChI is InChI=1S/C13H15BrN2O2S/c1-8(17)19-10-6-13(18)16(7-10)12-5-9(14)3-4-11(12)15-2/h3-5,10,15H,6-7H2,1-2H3. The number of halogens is 1. The Morgan fingerprint density at radius 2 is 2.26 bits per heavy atom. The van der Waals surface area contributed by atoms with Crippen LogP contribution in [0.1, 0.15) is 13.3 Å². The molecule has 4 nitrogen and oxygen atoms in total. The van der Waals surface area contributed by atoms with Gasteiger partial charge in [-0.25, -0.2) is 0 Å². The van der Waals surface area contributed by atoms with Gasteiger partial charge in [-0.15, -0.1) is 0 Å². The first-order chi connectivity index (χ1) is 9.01. The molecule has 1 fully saturated rings. The number of hydrogen-bond acceptors (Lipinski definition) is 4. The molecule has 19 heavy (non-hydrogen) atoms. The molecule has 0 aromatic heterocycles. The molecule has 1 aliphatic rings. The van der Waals surface area contributed by atoms with Gasteiger partial charge in [-0.3, -0.25) is 9.59 Å². The number of carbonyl (C=O) groups excluding carboxylic acids is 2. The third-order valence-electron chi connectivity index (χ3n) is 2.94. The van der Waals surface area contributed by atoms with Crippen LogP contribution in [0, 0.1) is 0 Å². The van der Waals surface area contributed by atoms with E-state index in [4.69, 9.17) is 0 Å². The monoisotopic (exact) mass is 342 g/mol. The molecule has 1 amide bonds. The van der Waals surface area contributed by atoms with Crippen molar-refractivity contribution in [2.24, 2.45) is 0 Å². The van der Waals surface area contributed by atoms with Crippen molar-refractivity contribution >= 4 is 50.1 Å². The molecule has 1 aromatic rings. The molecule has 1 aromatic carbocycles. The van der Waals surface area contributed by atoms with Crippen LogP contribution in [0.15, 0.2) is 22.7 Å². The van der Waals surface area contributed by atoms with Crippen LogP contribution in [-0.2, 0) is 9.59 Å². The minimum Gasteiger partial charge on any atom is -0.386 e. The fourth-order valence-corrected chi connectivity index (χ4v) is 3.43. The fraction of sp³-hybridized carbons (Fsp3) is 0.385. The van der Waals surface area contributed by atoms with Crippen LogP contribution in [0.3, 0.4) is 0 Å². The van der Waals surface area contributed by atoms with Gasteiger partial charge in [-0.05, 0) is 18.2 Å². The van der Waals surface area contributed by atoms with Crippen molar-refractivity contribution in [1.82, 2.24) is 0 Å². The lowest BCUT2D eigenvalue weighted by molar-refractivity contribution is -0.117. The van der Waals surface area contributed by atoms with Crippen LogP contribution in [0.4, 0.5) is 11.4 Å². The Hall–Kier alpha value is -1.01. The van der Waals surface area contributed by atoms with Gasteiger partial charge in [-0.1, -0.05) is 27.7 Å². The first-order valence-corrected chi connectivity index (χ1v) is 7.63. The van der Waals surface area contributed by atoms with Crippen molar-refractivity contribution in [3.8, 4) is 0 Å². The van der Waals surface area contributed by atoms with Crippen molar-refractivity contribution < 1.29 is 9.59 Å². The molecule has 0 bridgehead atoms. The van der Waals surface area contributed by atoms with E-state index >= 15 is 0 Å². The molecule has 1 N–H and O–H groups in total. The Kier molecular flexibility index (Phi) is 4.52. The van der Waals surface area contributed by atoms with Crippen molar-refractivity contribution in [2.45, 2.75) is 18.6 Å². The van der Waals surface area contributed by atoms with E-state index in [1.165, 1.54) is 18.7 Å². The van der Waals surface area contributed by atoms with Gasteiger partial charge in [0.25, 0.3) is 0 Å². The van der Waals surface area contributed by atoms with E-state index in [9.17, 15) is 9.59 Å². The van der Waals surface area contributed by atoms with Gasteiger partial charge in [0.05, 0.1) is 11.4 Å². The van der Waals surface area contributed by atoms with E-state index in [1.54, 1.807) is 4.90 Å². The summed E-state index contributed by atoms with van der Waals surface area (Å²) in [7, 11) is 1.83. The third kappa shape index (κ3) is 3.30. The highest BCUT2D eigenvalue weighted by Crippen LogP contribution is 2.34. The maximum atomic E-state index is 12.1. The summed E-state index contributed by atoms with van der Waals surface area (Å²) in [4.78, 5) is 25.0. The van der Waals surface area contributed by atoms with Gasteiger partial charge in [0, 0.05) is 36.7 Å². The molecule has 1 heterocycles. The van der Waals surface area contributed by atoms with Crippen molar-refractivity contribution in [3.05, 3.63) is 22.7 Å². The minimum absolute atomic E-state index is 0.0497. The second-order valence-electron chi connectivity index (χ2n) is 4.35. The molecule has 1 saturated heterocycles. The van der Waals surface area contributed by atoms with Crippen molar-refractivity contribution in [2.75, 3.05) is 23.8 Å². The molecule has 1 aliphatic heterocycles. The van der Waals surface area contributed by atoms with E-state index in [0.717, 1.165) is 15.8 Å². The lowest BCUT2D eigenvalue weighted by Crippen LogP contribution is -2.25. The van der Waals surface area contributed by atoms with Crippen LogP contribution in [-0.4, -0.2) is 29.9 Å². The lowest BCUT2D eigenvalue weighted by Gasteiger charge is -2.20. The van der Waals surface area contributed by atoms with E-state index in [0.29, 0.717) is 13.0 Å². The summed E-state index contributed by atoms with van der Waals surface area (Å²) >= 11 is 4.67. The van der Waals surface area contributed by atoms with E-state index < -0.39 is 0 Å². The highest BCUT2D eigenvalue weighted by molar-refractivity contribution is 9.10. The third-order valence-corrected chi connectivity index (χ3v) is 4.42. The number of carbonyl (C=O) groups is 2. The zero-order chi connectivity index (χ0) is 14.0. The molecule has 102 valence electrons. The molecule has 0 aliphatic carbocycles. The van der Waals surface area contributed by atoms with Crippen molar-refractivity contribution in [1.29, 1.82) is 0 Å². The fourth-order valence-electron chi connectivity index (χ4n) is 2.16. The molecule has 0 spiro atoms. The zero-order valence-corrected chi connectivity index (χ0v) is 13.2. The highest BCUT2D eigenvalue weighted by atomic mass is 79.9. The first kappa shape index (κ1) is 14.4. The average Bonchev–Trinajstić information content (AvgIpc) is 2.69. The Bertz CT molecular complexity index is 521. The molecule has 1 atom stereocenters. The van der Waals surface area contributed by atoms with E-state index in [1.807, 2.05) is 25.2 Å². The summed E-state index contributed by atoms with van der Waals surface area (Å²) in [5.41, 5.74) is 1.76. The van der Waals surface area contributed by atoms with Gasteiger partial charge in [0.15, 0.2) is 5.12 Å².